The zero-order valence-electron chi connectivity index (χ0n) is 12.9. The zero-order chi connectivity index (χ0) is 17.9. The lowest BCUT2D eigenvalue weighted by Crippen LogP contribution is -2.41. The summed E-state index contributed by atoms with van der Waals surface area (Å²) >= 11 is 0. The number of nitrogens with zero attached hydrogens (tertiary/aromatic N) is 1. The third kappa shape index (κ3) is 6.57. The van der Waals surface area contributed by atoms with Crippen LogP contribution >= 0.6 is 0 Å². The molecule has 9 heteroatoms. The van der Waals surface area contributed by atoms with Crippen molar-refractivity contribution < 1.29 is 23.9 Å². The number of nitriles is 1. The number of anilines is 1. The second kappa shape index (κ2) is 9.58. The first-order valence-electron chi connectivity index (χ1n) is 6.98. The van der Waals surface area contributed by atoms with E-state index in [0.717, 1.165) is 0 Å². The van der Waals surface area contributed by atoms with Crippen LogP contribution in [0, 0.1) is 11.3 Å². The summed E-state index contributed by atoms with van der Waals surface area (Å²) in [6, 6.07) is 6.75. The predicted octanol–water partition coefficient (Wildman–Crippen LogP) is 0.541. The van der Waals surface area contributed by atoms with Crippen LogP contribution in [0.25, 0.3) is 0 Å². The second-order valence-electron chi connectivity index (χ2n) is 4.44. The maximum Gasteiger partial charge on any atom is 0.338 e. The highest BCUT2D eigenvalue weighted by Crippen LogP contribution is 2.10. The molecule has 0 heterocycles. The van der Waals surface area contributed by atoms with E-state index in [4.69, 9.17) is 10.00 Å². The van der Waals surface area contributed by atoms with E-state index in [2.05, 4.69) is 10.6 Å². The number of hydrogen-bond acceptors (Lipinski definition) is 6. The summed E-state index contributed by atoms with van der Waals surface area (Å²) in [7, 11) is 0. The molecule has 0 spiro atoms. The van der Waals surface area contributed by atoms with Crippen LogP contribution in [0.4, 0.5) is 10.5 Å². The van der Waals surface area contributed by atoms with Crippen molar-refractivity contribution >= 4 is 29.5 Å². The van der Waals surface area contributed by atoms with Gasteiger partial charge in [0, 0.05) is 12.2 Å². The zero-order valence-corrected chi connectivity index (χ0v) is 12.9. The fourth-order valence-corrected chi connectivity index (χ4v) is 1.55. The Bertz CT molecular complexity index is 663. The Morgan fingerprint density at radius 1 is 1.12 bits per heavy atom. The molecule has 4 amide bonds. The van der Waals surface area contributed by atoms with Crippen molar-refractivity contribution in [1.82, 2.24) is 10.6 Å². The summed E-state index contributed by atoms with van der Waals surface area (Å²) in [5, 5.41) is 15.2. The van der Waals surface area contributed by atoms with E-state index in [1.54, 1.807) is 13.0 Å². The number of urea groups is 1. The largest absolute Gasteiger partial charge is 0.452 e. The monoisotopic (exact) mass is 332 g/mol. The molecule has 1 rings (SSSR count). The Morgan fingerprint density at radius 3 is 2.38 bits per heavy atom. The Hall–Kier alpha value is -3.41. The van der Waals surface area contributed by atoms with Crippen LogP contribution in [-0.2, 0) is 14.3 Å². The quantitative estimate of drug-likeness (QED) is 0.650. The van der Waals surface area contributed by atoms with Crippen LogP contribution in [0.5, 0.6) is 0 Å². The third-order valence-electron chi connectivity index (χ3n) is 2.57. The van der Waals surface area contributed by atoms with Crippen molar-refractivity contribution in [3.05, 3.63) is 29.8 Å². The number of hydrogen-bond donors (Lipinski definition) is 3. The maximum atomic E-state index is 11.8. The van der Waals surface area contributed by atoms with Crippen LogP contribution in [0.3, 0.4) is 0 Å². The number of benzene rings is 1. The van der Waals surface area contributed by atoms with Crippen LogP contribution < -0.4 is 16.0 Å². The maximum absolute atomic E-state index is 11.8. The van der Waals surface area contributed by atoms with Crippen LogP contribution in [0.2, 0.25) is 0 Å². The highest BCUT2D eigenvalue weighted by molar-refractivity contribution is 5.97. The van der Waals surface area contributed by atoms with Crippen molar-refractivity contribution in [2.75, 3.05) is 18.5 Å². The summed E-state index contributed by atoms with van der Waals surface area (Å²) in [6.45, 7) is 1.45. The van der Waals surface area contributed by atoms with Gasteiger partial charge in [0.05, 0.1) is 11.6 Å². The Labute approximate surface area is 138 Å². The number of carbonyl (C=O) groups is 4. The number of imide groups is 1. The number of carbonyl (C=O) groups excluding carboxylic acids is 4. The van der Waals surface area contributed by atoms with E-state index < -0.39 is 30.4 Å². The number of rotatable bonds is 6. The van der Waals surface area contributed by atoms with Gasteiger partial charge in [0.25, 0.3) is 5.91 Å². The van der Waals surface area contributed by atoms with Crippen molar-refractivity contribution in [1.29, 1.82) is 5.26 Å². The van der Waals surface area contributed by atoms with E-state index in [1.165, 1.54) is 24.3 Å². The molecule has 0 radical (unpaired) electrons. The lowest BCUT2D eigenvalue weighted by atomic mass is 10.2. The Morgan fingerprint density at radius 2 is 1.79 bits per heavy atom. The fraction of sp³-hybridized carbons (Fsp3) is 0.267. The van der Waals surface area contributed by atoms with Crippen molar-refractivity contribution in [2.24, 2.45) is 0 Å². The minimum absolute atomic E-state index is 0.166. The molecule has 1 aromatic carbocycles. The van der Waals surface area contributed by atoms with E-state index >= 15 is 0 Å². The van der Waals surface area contributed by atoms with E-state index in [-0.39, 0.29) is 12.0 Å². The molecule has 0 aliphatic carbocycles. The summed E-state index contributed by atoms with van der Waals surface area (Å²) in [4.78, 5) is 45.5. The highest BCUT2D eigenvalue weighted by atomic mass is 16.5. The Kier molecular flexibility index (Phi) is 7.44. The standard InChI is InChI=1S/C15H16N4O5/c1-2-17-15(23)19-13(21)9-24-14(22)10-3-5-11(6-4-10)18-12(20)7-8-16/h3-6H,2,7,9H2,1H3,(H,18,20)(H2,17,19,21,23). The number of nitrogens with one attached hydrogen (secondary N) is 3. The molecule has 0 atom stereocenters. The molecule has 0 fully saturated rings. The molecule has 3 N–H and O–H groups in total. The second-order valence-corrected chi connectivity index (χ2v) is 4.44. The van der Waals surface area contributed by atoms with Gasteiger partial charge in [-0.3, -0.25) is 14.9 Å². The Balaban J connectivity index is 2.48. The van der Waals surface area contributed by atoms with Gasteiger partial charge in [-0.15, -0.1) is 0 Å². The predicted molar refractivity (Wildman–Crippen MR) is 82.8 cm³/mol. The van der Waals surface area contributed by atoms with E-state index in [9.17, 15) is 19.2 Å². The first-order valence-corrected chi connectivity index (χ1v) is 6.98. The van der Waals surface area contributed by atoms with Gasteiger partial charge in [0.15, 0.2) is 6.61 Å². The van der Waals surface area contributed by atoms with Gasteiger partial charge >= 0.3 is 12.0 Å². The highest BCUT2D eigenvalue weighted by Gasteiger charge is 2.12. The molecule has 0 saturated heterocycles. The third-order valence-corrected chi connectivity index (χ3v) is 2.57. The molecule has 0 saturated carbocycles. The summed E-state index contributed by atoms with van der Waals surface area (Å²) in [5.74, 6) is -1.97. The van der Waals surface area contributed by atoms with Gasteiger partial charge in [-0.1, -0.05) is 0 Å². The molecule has 0 bridgehead atoms. The molecule has 0 aliphatic heterocycles. The van der Waals surface area contributed by atoms with Crippen LogP contribution in [0.15, 0.2) is 24.3 Å². The molecule has 0 aromatic heterocycles. The SMILES string of the molecule is CCNC(=O)NC(=O)COC(=O)c1ccc(NC(=O)CC#N)cc1. The smallest absolute Gasteiger partial charge is 0.338 e. The molecular formula is C15H16N4O5. The minimum atomic E-state index is -0.755. The van der Waals surface area contributed by atoms with Crippen LogP contribution in [0.1, 0.15) is 23.7 Å². The van der Waals surface area contributed by atoms with Gasteiger partial charge in [-0.2, -0.15) is 5.26 Å². The van der Waals surface area contributed by atoms with Gasteiger partial charge < -0.3 is 15.4 Å². The topological polar surface area (TPSA) is 137 Å². The summed E-state index contributed by atoms with van der Waals surface area (Å²) in [6.07, 6.45) is -0.273. The molecule has 1 aromatic rings. The van der Waals surface area contributed by atoms with Gasteiger partial charge in [0.2, 0.25) is 5.91 Å². The van der Waals surface area contributed by atoms with Gasteiger partial charge in [-0.05, 0) is 31.2 Å². The normalized spacial score (nSPS) is 9.33. The number of esters is 1. The van der Waals surface area contributed by atoms with Crippen molar-refractivity contribution in [3.8, 4) is 6.07 Å². The van der Waals surface area contributed by atoms with Crippen molar-refractivity contribution in [2.45, 2.75) is 13.3 Å². The molecule has 0 aliphatic rings. The average Bonchev–Trinajstić information content (AvgIpc) is 2.53. The van der Waals surface area contributed by atoms with Gasteiger partial charge in [0.1, 0.15) is 6.42 Å². The van der Waals surface area contributed by atoms with Gasteiger partial charge in [-0.25, -0.2) is 9.59 Å². The van der Waals surface area contributed by atoms with E-state index in [0.29, 0.717) is 12.2 Å². The molecule has 0 unspecified atom stereocenters. The molecule has 126 valence electrons. The summed E-state index contributed by atoms with van der Waals surface area (Å²) < 4.78 is 4.77. The van der Waals surface area contributed by atoms with E-state index in [1.807, 2.05) is 5.32 Å². The van der Waals surface area contributed by atoms with Crippen molar-refractivity contribution in [3.63, 3.8) is 0 Å². The number of amides is 4. The lowest BCUT2D eigenvalue weighted by molar-refractivity contribution is -0.123. The molecule has 9 nitrogen and oxygen atoms in total. The fourth-order valence-electron chi connectivity index (χ4n) is 1.55. The molecular weight excluding hydrogens is 316 g/mol. The van der Waals surface area contributed by atoms with Crippen LogP contribution in [-0.4, -0.2) is 37.0 Å². The number of ether oxygens (including phenoxy) is 1. The first kappa shape index (κ1) is 18.6. The average molecular weight is 332 g/mol. The lowest BCUT2D eigenvalue weighted by Gasteiger charge is -2.07. The first-order chi connectivity index (χ1) is 11.5. The molecule has 24 heavy (non-hydrogen) atoms. The summed E-state index contributed by atoms with van der Waals surface area (Å²) in [5.41, 5.74) is 0.583. The minimum Gasteiger partial charge on any atom is -0.452 e.